The van der Waals surface area contributed by atoms with Crippen LogP contribution in [0.2, 0.25) is 0 Å². The van der Waals surface area contributed by atoms with Gasteiger partial charge in [0.1, 0.15) is 29.2 Å². The highest BCUT2D eigenvalue weighted by Gasteiger charge is 2.34. The van der Waals surface area contributed by atoms with Gasteiger partial charge in [-0.3, -0.25) is 9.59 Å². The number of unbranched alkanes of at least 4 members (excludes halogenated alkanes) is 1. The van der Waals surface area contributed by atoms with Crippen molar-refractivity contribution in [3.05, 3.63) is 59.7 Å². The highest BCUT2D eigenvalue weighted by Crippen LogP contribution is 2.25. The third-order valence-electron chi connectivity index (χ3n) is 5.36. The average Bonchev–Trinajstić information content (AvgIpc) is 2.78. The number of benzene rings is 2. The zero-order valence-electron chi connectivity index (χ0n) is 21.6. The number of phenolic OH excluding ortho intramolecular Hbond substituents is 2. The summed E-state index contributed by atoms with van der Waals surface area (Å²) in [4.78, 5) is 40.7. The first kappa shape index (κ1) is 28.5. The summed E-state index contributed by atoms with van der Waals surface area (Å²) >= 11 is 0. The first-order valence-electron chi connectivity index (χ1n) is 12.0. The van der Waals surface area contributed by atoms with Crippen molar-refractivity contribution in [3.8, 4) is 11.5 Å². The van der Waals surface area contributed by atoms with Gasteiger partial charge in [-0.25, -0.2) is 4.79 Å². The van der Waals surface area contributed by atoms with Crippen molar-refractivity contribution in [1.29, 1.82) is 0 Å². The van der Waals surface area contributed by atoms with E-state index in [1.165, 1.54) is 36.2 Å². The molecule has 2 unspecified atom stereocenters. The van der Waals surface area contributed by atoms with Crippen molar-refractivity contribution in [2.75, 3.05) is 13.6 Å². The van der Waals surface area contributed by atoms with Gasteiger partial charge in [-0.05, 0) is 62.6 Å². The van der Waals surface area contributed by atoms with Crippen molar-refractivity contribution < 1.29 is 29.3 Å². The SMILES string of the molecule is CCCCNC(=O)C(c1cccc(O)c1)N(C)C(=O)C(Cc1ccc(O)cc1)NC(=O)OC(C)(C)C. The molecule has 0 aliphatic rings. The van der Waals surface area contributed by atoms with E-state index in [1.807, 2.05) is 6.92 Å². The van der Waals surface area contributed by atoms with Gasteiger partial charge in [0, 0.05) is 20.0 Å². The number of amides is 3. The number of carbonyl (C=O) groups excluding carboxylic acids is 3. The van der Waals surface area contributed by atoms with E-state index in [9.17, 15) is 24.6 Å². The lowest BCUT2D eigenvalue weighted by atomic mass is 10.0. The van der Waals surface area contributed by atoms with Gasteiger partial charge in [0.05, 0.1) is 0 Å². The molecule has 0 heterocycles. The predicted molar refractivity (Wildman–Crippen MR) is 137 cm³/mol. The molecule has 0 spiro atoms. The predicted octanol–water partition coefficient (Wildman–Crippen LogP) is 3.65. The van der Waals surface area contributed by atoms with Crippen molar-refractivity contribution in [2.45, 2.75) is 64.6 Å². The molecule has 0 aliphatic carbocycles. The van der Waals surface area contributed by atoms with Crippen molar-refractivity contribution >= 4 is 17.9 Å². The highest BCUT2D eigenvalue weighted by molar-refractivity contribution is 5.92. The lowest BCUT2D eigenvalue weighted by molar-refractivity contribution is -0.140. The molecule has 0 aromatic heterocycles. The fourth-order valence-corrected chi connectivity index (χ4v) is 3.62. The third-order valence-corrected chi connectivity index (χ3v) is 5.36. The molecule has 9 nitrogen and oxygen atoms in total. The summed E-state index contributed by atoms with van der Waals surface area (Å²) in [5, 5.41) is 25.1. The van der Waals surface area contributed by atoms with E-state index in [0.29, 0.717) is 17.7 Å². The minimum atomic E-state index is -1.06. The normalized spacial score (nSPS) is 12.8. The summed E-state index contributed by atoms with van der Waals surface area (Å²) in [6, 6.07) is 10.4. The molecule has 2 atom stereocenters. The number of aromatic hydroxyl groups is 2. The molecule has 9 heteroatoms. The molecule has 2 aromatic carbocycles. The quantitative estimate of drug-likeness (QED) is 0.370. The van der Waals surface area contributed by atoms with Crippen LogP contribution in [0.5, 0.6) is 11.5 Å². The van der Waals surface area contributed by atoms with E-state index in [0.717, 1.165) is 12.8 Å². The Kier molecular flexibility index (Phi) is 10.1. The van der Waals surface area contributed by atoms with Gasteiger partial charge in [0.25, 0.3) is 0 Å². The Morgan fingerprint density at radius 1 is 1.03 bits per heavy atom. The molecule has 2 rings (SSSR count). The van der Waals surface area contributed by atoms with Crippen LogP contribution in [0, 0.1) is 0 Å². The van der Waals surface area contributed by atoms with E-state index in [2.05, 4.69) is 10.6 Å². The number of ether oxygens (including phenoxy) is 1. The van der Waals surface area contributed by atoms with Gasteiger partial charge < -0.3 is 30.5 Å². The number of likely N-dealkylation sites (N-methyl/N-ethyl adjacent to an activating group) is 1. The number of rotatable bonds is 10. The molecule has 2 aromatic rings. The van der Waals surface area contributed by atoms with E-state index in [4.69, 9.17) is 4.74 Å². The van der Waals surface area contributed by atoms with E-state index < -0.39 is 35.6 Å². The topological polar surface area (TPSA) is 128 Å². The number of nitrogens with one attached hydrogen (secondary N) is 2. The molecule has 0 radical (unpaired) electrons. The molecule has 0 fully saturated rings. The van der Waals surface area contributed by atoms with Gasteiger partial charge in [0.15, 0.2) is 0 Å². The Morgan fingerprint density at radius 2 is 1.69 bits per heavy atom. The van der Waals surface area contributed by atoms with E-state index in [-0.39, 0.29) is 17.9 Å². The maximum atomic E-state index is 13.7. The Morgan fingerprint density at radius 3 is 2.28 bits per heavy atom. The lowest BCUT2D eigenvalue weighted by Crippen LogP contribution is -2.52. The summed E-state index contributed by atoms with van der Waals surface area (Å²) in [5.41, 5.74) is 0.350. The minimum Gasteiger partial charge on any atom is -0.508 e. The summed E-state index contributed by atoms with van der Waals surface area (Å²) in [6.45, 7) is 7.60. The fourth-order valence-electron chi connectivity index (χ4n) is 3.62. The monoisotopic (exact) mass is 499 g/mol. The van der Waals surface area contributed by atoms with Crippen LogP contribution in [-0.2, 0) is 20.7 Å². The van der Waals surface area contributed by atoms with Crippen molar-refractivity contribution in [2.24, 2.45) is 0 Å². The fraction of sp³-hybridized carbons (Fsp3) is 0.444. The van der Waals surface area contributed by atoms with Gasteiger partial charge in [0.2, 0.25) is 11.8 Å². The Balaban J connectivity index is 2.38. The maximum absolute atomic E-state index is 13.7. The van der Waals surface area contributed by atoms with E-state index in [1.54, 1.807) is 45.0 Å². The van der Waals surface area contributed by atoms with Crippen LogP contribution in [0.25, 0.3) is 0 Å². The molecule has 0 bridgehead atoms. The number of carbonyl (C=O) groups is 3. The maximum Gasteiger partial charge on any atom is 0.408 e. The van der Waals surface area contributed by atoms with Crippen LogP contribution in [0.15, 0.2) is 48.5 Å². The first-order valence-corrected chi connectivity index (χ1v) is 12.0. The van der Waals surface area contributed by atoms with Gasteiger partial charge in [-0.15, -0.1) is 0 Å². The third kappa shape index (κ3) is 8.79. The molecule has 36 heavy (non-hydrogen) atoms. The van der Waals surface area contributed by atoms with Crippen LogP contribution in [0.4, 0.5) is 4.79 Å². The number of hydrogen-bond acceptors (Lipinski definition) is 6. The number of alkyl carbamates (subject to hydrolysis) is 1. The van der Waals surface area contributed by atoms with Crippen molar-refractivity contribution in [3.63, 3.8) is 0 Å². The molecule has 3 amide bonds. The van der Waals surface area contributed by atoms with Crippen LogP contribution in [0.3, 0.4) is 0 Å². The Hall–Kier alpha value is -3.75. The largest absolute Gasteiger partial charge is 0.508 e. The van der Waals surface area contributed by atoms with Gasteiger partial charge in [-0.1, -0.05) is 37.6 Å². The standard InChI is InChI=1S/C27H37N3O6/c1-6-7-15-28-24(33)23(19-9-8-10-21(32)17-19)30(5)25(34)22(29-26(35)36-27(2,3)4)16-18-11-13-20(31)14-12-18/h8-14,17,22-23,31-32H,6-7,15-16H2,1-5H3,(H,28,33)(H,29,35). The summed E-state index contributed by atoms with van der Waals surface area (Å²) in [7, 11) is 1.48. The molecule has 0 aliphatic heterocycles. The number of hydrogen-bond donors (Lipinski definition) is 4. The molecule has 196 valence electrons. The number of phenols is 2. The molecular formula is C27H37N3O6. The highest BCUT2D eigenvalue weighted by atomic mass is 16.6. The summed E-state index contributed by atoms with van der Waals surface area (Å²) in [5.74, 6) is -0.878. The van der Waals surface area contributed by atoms with Crippen LogP contribution in [0.1, 0.15) is 57.7 Å². The van der Waals surface area contributed by atoms with Gasteiger partial charge >= 0.3 is 6.09 Å². The second-order valence-corrected chi connectivity index (χ2v) is 9.66. The Bertz CT molecular complexity index is 1030. The minimum absolute atomic E-state index is 0.0350. The molecule has 4 N–H and O–H groups in total. The number of nitrogens with zero attached hydrogens (tertiary/aromatic N) is 1. The van der Waals surface area contributed by atoms with Crippen molar-refractivity contribution in [1.82, 2.24) is 15.5 Å². The molecule has 0 saturated carbocycles. The van der Waals surface area contributed by atoms with Gasteiger partial charge in [-0.2, -0.15) is 0 Å². The summed E-state index contributed by atoms with van der Waals surface area (Å²) in [6.07, 6.45) is 1.00. The zero-order chi connectivity index (χ0) is 26.9. The lowest BCUT2D eigenvalue weighted by Gasteiger charge is -2.31. The average molecular weight is 500 g/mol. The second-order valence-electron chi connectivity index (χ2n) is 9.66. The summed E-state index contributed by atoms with van der Waals surface area (Å²) < 4.78 is 5.36. The molecular weight excluding hydrogens is 462 g/mol. The molecule has 0 saturated heterocycles. The Labute approximate surface area is 212 Å². The smallest absolute Gasteiger partial charge is 0.408 e. The zero-order valence-corrected chi connectivity index (χ0v) is 21.6. The van der Waals surface area contributed by atoms with Crippen LogP contribution >= 0.6 is 0 Å². The first-order chi connectivity index (χ1) is 16.9. The van der Waals surface area contributed by atoms with Crippen LogP contribution in [-0.4, -0.2) is 58.3 Å². The van der Waals surface area contributed by atoms with Crippen LogP contribution < -0.4 is 10.6 Å². The van der Waals surface area contributed by atoms with E-state index >= 15 is 0 Å². The second kappa shape index (κ2) is 12.8.